The average molecular weight is 251 g/mol. The molecule has 0 unspecified atom stereocenters. The van der Waals surface area contributed by atoms with E-state index < -0.39 is 0 Å². The summed E-state index contributed by atoms with van der Waals surface area (Å²) in [5, 5.41) is 8.96. The Morgan fingerprint density at radius 2 is 2.21 bits per heavy atom. The van der Waals surface area contributed by atoms with Gasteiger partial charge >= 0.3 is 0 Å². The van der Waals surface area contributed by atoms with Crippen LogP contribution in [0.2, 0.25) is 0 Å². The lowest BCUT2D eigenvalue weighted by Crippen LogP contribution is -1.97. The van der Waals surface area contributed by atoms with E-state index >= 15 is 0 Å². The van der Waals surface area contributed by atoms with Crippen molar-refractivity contribution in [2.45, 2.75) is 20.4 Å². The number of fused-ring (bicyclic) bond motifs is 1. The van der Waals surface area contributed by atoms with E-state index in [9.17, 15) is 0 Å². The number of benzene rings is 1. The van der Waals surface area contributed by atoms with Crippen LogP contribution in [0.3, 0.4) is 0 Å². The van der Waals surface area contributed by atoms with Crippen molar-refractivity contribution in [1.82, 2.24) is 9.55 Å². The number of aromatic nitrogens is 2. The van der Waals surface area contributed by atoms with Gasteiger partial charge in [0.05, 0.1) is 28.9 Å². The van der Waals surface area contributed by atoms with Crippen LogP contribution in [0.1, 0.15) is 18.1 Å². The van der Waals surface area contributed by atoms with Gasteiger partial charge in [-0.1, -0.05) is 0 Å². The van der Waals surface area contributed by atoms with Crippen LogP contribution >= 0.6 is 0 Å². The predicted octanol–water partition coefficient (Wildman–Crippen LogP) is 3.50. The topological polar surface area (TPSA) is 54.8 Å². The molecule has 0 bridgehead atoms. The number of hydrogen-bond donors (Lipinski definition) is 0. The van der Waals surface area contributed by atoms with E-state index in [1.807, 2.05) is 31.2 Å². The third-order valence-corrected chi connectivity index (χ3v) is 3.26. The first-order valence-corrected chi connectivity index (χ1v) is 6.19. The fraction of sp³-hybridized carbons (Fsp3) is 0.200. The summed E-state index contributed by atoms with van der Waals surface area (Å²) >= 11 is 0. The molecule has 0 saturated heterocycles. The van der Waals surface area contributed by atoms with Gasteiger partial charge in [-0.15, -0.1) is 0 Å². The van der Waals surface area contributed by atoms with E-state index in [0.717, 1.165) is 34.7 Å². The van der Waals surface area contributed by atoms with Crippen LogP contribution in [-0.2, 0) is 6.54 Å². The number of imidazole rings is 1. The standard InChI is InChI=1S/C15H13N3O/c1-3-18-13-5-4-11(9-16)8-12(13)17-15(18)14-10(2)6-7-19-14/h4-8H,3H2,1-2H3. The zero-order valence-corrected chi connectivity index (χ0v) is 10.8. The van der Waals surface area contributed by atoms with Crippen molar-refractivity contribution in [3.63, 3.8) is 0 Å². The summed E-state index contributed by atoms with van der Waals surface area (Å²) in [7, 11) is 0. The summed E-state index contributed by atoms with van der Waals surface area (Å²) < 4.78 is 7.63. The number of rotatable bonds is 2. The van der Waals surface area contributed by atoms with Gasteiger partial charge in [0.2, 0.25) is 0 Å². The molecule has 0 saturated carbocycles. The Kier molecular flexibility index (Phi) is 2.60. The van der Waals surface area contributed by atoms with E-state index in [1.165, 1.54) is 0 Å². The molecule has 0 atom stereocenters. The van der Waals surface area contributed by atoms with Crippen molar-refractivity contribution in [3.8, 4) is 17.7 Å². The van der Waals surface area contributed by atoms with Crippen LogP contribution < -0.4 is 0 Å². The minimum absolute atomic E-state index is 0.621. The van der Waals surface area contributed by atoms with E-state index in [4.69, 9.17) is 9.68 Å². The van der Waals surface area contributed by atoms with Gasteiger partial charge in [0, 0.05) is 6.54 Å². The van der Waals surface area contributed by atoms with Crippen LogP contribution in [0.5, 0.6) is 0 Å². The zero-order valence-electron chi connectivity index (χ0n) is 10.8. The second-order valence-corrected chi connectivity index (χ2v) is 4.43. The van der Waals surface area contributed by atoms with E-state index in [2.05, 4.69) is 22.5 Å². The highest BCUT2D eigenvalue weighted by Crippen LogP contribution is 2.28. The minimum atomic E-state index is 0.621. The molecule has 0 fully saturated rings. The molecule has 0 amide bonds. The maximum atomic E-state index is 8.96. The normalized spacial score (nSPS) is 10.8. The Balaban J connectivity index is 2.31. The molecular weight excluding hydrogens is 238 g/mol. The van der Waals surface area contributed by atoms with E-state index in [1.54, 1.807) is 6.26 Å². The fourth-order valence-corrected chi connectivity index (χ4v) is 2.29. The molecular formula is C15H13N3O. The van der Waals surface area contributed by atoms with Crippen molar-refractivity contribution in [3.05, 3.63) is 41.7 Å². The monoisotopic (exact) mass is 251 g/mol. The minimum Gasteiger partial charge on any atom is -0.461 e. The summed E-state index contributed by atoms with van der Waals surface area (Å²) in [6.45, 7) is 4.87. The molecule has 4 nitrogen and oxygen atoms in total. The maximum absolute atomic E-state index is 8.96. The van der Waals surface area contributed by atoms with Gasteiger partial charge in [0.1, 0.15) is 0 Å². The summed E-state index contributed by atoms with van der Waals surface area (Å²) in [5.74, 6) is 1.60. The van der Waals surface area contributed by atoms with Crippen LogP contribution in [0.25, 0.3) is 22.6 Å². The van der Waals surface area contributed by atoms with Crippen LogP contribution in [-0.4, -0.2) is 9.55 Å². The highest BCUT2D eigenvalue weighted by molar-refractivity contribution is 5.81. The Hall–Kier alpha value is -2.54. The Morgan fingerprint density at radius 3 is 2.84 bits per heavy atom. The molecule has 94 valence electrons. The van der Waals surface area contributed by atoms with E-state index in [0.29, 0.717) is 5.56 Å². The largest absolute Gasteiger partial charge is 0.461 e. The first kappa shape index (κ1) is 11.5. The first-order valence-electron chi connectivity index (χ1n) is 6.19. The summed E-state index contributed by atoms with van der Waals surface area (Å²) in [4.78, 5) is 4.61. The lowest BCUT2D eigenvalue weighted by atomic mass is 10.2. The predicted molar refractivity (Wildman–Crippen MR) is 72.6 cm³/mol. The third kappa shape index (κ3) is 1.71. The van der Waals surface area contributed by atoms with Gasteiger partial charge in [-0.25, -0.2) is 4.98 Å². The SMILES string of the molecule is CCn1c(-c2occc2C)nc2cc(C#N)ccc21. The Labute approximate surface area is 110 Å². The Morgan fingerprint density at radius 1 is 1.37 bits per heavy atom. The van der Waals surface area contributed by atoms with Crippen molar-refractivity contribution < 1.29 is 4.42 Å². The quantitative estimate of drug-likeness (QED) is 0.700. The molecule has 4 heteroatoms. The summed E-state index contributed by atoms with van der Waals surface area (Å²) in [6.07, 6.45) is 1.67. The molecule has 1 aromatic carbocycles. The number of nitriles is 1. The smallest absolute Gasteiger partial charge is 0.177 e. The molecule has 3 rings (SSSR count). The van der Waals surface area contributed by atoms with Gasteiger partial charge in [-0.05, 0) is 43.7 Å². The second kappa shape index (κ2) is 4.29. The molecule has 2 aromatic heterocycles. The number of aryl methyl sites for hydroxylation is 2. The first-order chi connectivity index (χ1) is 9.24. The highest BCUT2D eigenvalue weighted by Gasteiger charge is 2.16. The number of furan rings is 1. The third-order valence-electron chi connectivity index (χ3n) is 3.26. The summed E-state index contributed by atoms with van der Waals surface area (Å²) in [5.41, 5.74) is 3.53. The molecule has 3 aromatic rings. The van der Waals surface area contributed by atoms with Crippen molar-refractivity contribution in [2.24, 2.45) is 0 Å². The highest BCUT2D eigenvalue weighted by atomic mass is 16.3. The van der Waals surface area contributed by atoms with Gasteiger partial charge in [0.15, 0.2) is 11.6 Å². The van der Waals surface area contributed by atoms with Crippen molar-refractivity contribution >= 4 is 11.0 Å². The number of nitrogens with zero attached hydrogens (tertiary/aromatic N) is 3. The number of hydrogen-bond acceptors (Lipinski definition) is 3. The molecule has 0 aliphatic carbocycles. The van der Waals surface area contributed by atoms with Crippen LogP contribution in [0.4, 0.5) is 0 Å². The zero-order chi connectivity index (χ0) is 13.4. The van der Waals surface area contributed by atoms with Crippen molar-refractivity contribution in [1.29, 1.82) is 5.26 Å². The lowest BCUT2D eigenvalue weighted by molar-refractivity contribution is 0.570. The molecule has 0 spiro atoms. The molecule has 19 heavy (non-hydrogen) atoms. The van der Waals surface area contributed by atoms with Gasteiger partial charge < -0.3 is 8.98 Å². The van der Waals surface area contributed by atoms with Gasteiger partial charge in [0.25, 0.3) is 0 Å². The van der Waals surface area contributed by atoms with Crippen LogP contribution in [0.15, 0.2) is 34.9 Å². The van der Waals surface area contributed by atoms with Gasteiger partial charge in [-0.2, -0.15) is 5.26 Å². The molecule has 2 heterocycles. The van der Waals surface area contributed by atoms with E-state index in [-0.39, 0.29) is 0 Å². The molecule has 0 aliphatic rings. The Bertz CT molecular complexity index is 789. The van der Waals surface area contributed by atoms with Crippen molar-refractivity contribution in [2.75, 3.05) is 0 Å². The molecule has 0 radical (unpaired) electrons. The second-order valence-electron chi connectivity index (χ2n) is 4.43. The average Bonchev–Trinajstić information content (AvgIpc) is 3.00. The lowest BCUT2D eigenvalue weighted by Gasteiger charge is -2.04. The fourth-order valence-electron chi connectivity index (χ4n) is 2.29. The molecule has 0 N–H and O–H groups in total. The summed E-state index contributed by atoms with van der Waals surface area (Å²) in [6, 6.07) is 9.63. The van der Waals surface area contributed by atoms with Crippen LogP contribution in [0, 0.1) is 18.3 Å². The maximum Gasteiger partial charge on any atom is 0.177 e. The van der Waals surface area contributed by atoms with Gasteiger partial charge in [-0.3, -0.25) is 0 Å². The molecule has 0 aliphatic heterocycles.